The number of nitrogens with zero attached hydrogens (tertiary/aromatic N) is 1. The Hall–Kier alpha value is -3.40. The fourth-order valence-electron chi connectivity index (χ4n) is 3.65. The molecule has 2 aromatic carbocycles. The number of carbonyl (C=O) groups is 3. The number of amides is 2. The molecule has 0 bridgehead atoms. The lowest BCUT2D eigenvalue weighted by atomic mass is 10.1. The summed E-state index contributed by atoms with van der Waals surface area (Å²) in [5.74, 6) is 0.842. The molecule has 5 rings (SSSR count). The van der Waals surface area contributed by atoms with Crippen molar-refractivity contribution in [2.24, 2.45) is 0 Å². The van der Waals surface area contributed by atoms with Crippen LogP contribution < -0.4 is 9.47 Å². The maximum absolute atomic E-state index is 13.0. The molecule has 2 amide bonds. The van der Waals surface area contributed by atoms with Gasteiger partial charge in [-0.25, -0.2) is 4.79 Å². The van der Waals surface area contributed by atoms with Crippen LogP contribution in [0.3, 0.4) is 0 Å². The number of hydrogen-bond donors (Lipinski definition) is 0. The number of thioether (sulfide) groups is 1. The van der Waals surface area contributed by atoms with Gasteiger partial charge in [0.15, 0.2) is 11.5 Å². The van der Waals surface area contributed by atoms with Crippen molar-refractivity contribution in [3.63, 3.8) is 0 Å². The first-order chi connectivity index (χ1) is 17.3. The Morgan fingerprint density at radius 1 is 1.08 bits per heavy atom. The van der Waals surface area contributed by atoms with Gasteiger partial charge < -0.3 is 18.6 Å². The van der Waals surface area contributed by atoms with Crippen LogP contribution >= 0.6 is 35.0 Å². The molecule has 2 aliphatic rings. The van der Waals surface area contributed by atoms with Gasteiger partial charge in [-0.1, -0.05) is 23.2 Å². The number of fused-ring (bicyclic) bond motifs is 1. The summed E-state index contributed by atoms with van der Waals surface area (Å²) in [6.45, 7) is 2.01. The van der Waals surface area contributed by atoms with Crippen LogP contribution in [0.15, 0.2) is 51.8 Å². The summed E-state index contributed by atoms with van der Waals surface area (Å²) < 4.78 is 21.5. The van der Waals surface area contributed by atoms with Gasteiger partial charge in [0.1, 0.15) is 11.5 Å². The molecule has 1 saturated heterocycles. The molecule has 0 saturated carbocycles. The molecule has 3 heterocycles. The Kier molecular flexibility index (Phi) is 6.70. The molecule has 0 atom stereocenters. The third kappa shape index (κ3) is 4.69. The third-order valence-corrected chi connectivity index (χ3v) is 6.98. The molecule has 0 unspecified atom stereocenters. The van der Waals surface area contributed by atoms with Crippen LogP contribution in [0, 0.1) is 0 Å². The van der Waals surface area contributed by atoms with E-state index >= 15 is 0 Å². The van der Waals surface area contributed by atoms with E-state index in [1.165, 1.54) is 6.08 Å². The normalized spacial score (nSPS) is 15.8. The van der Waals surface area contributed by atoms with Gasteiger partial charge in [-0.2, -0.15) is 0 Å². The van der Waals surface area contributed by atoms with E-state index in [4.69, 9.17) is 41.8 Å². The highest BCUT2D eigenvalue weighted by Crippen LogP contribution is 2.39. The fraction of sp³-hybridized carbons (Fsp3) is 0.160. The molecule has 0 N–H and O–H groups in total. The van der Waals surface area contributed by atoms with Gasteiger partial charge in [-0.05, 0) is 60.6 Å². The van der Waals surface area contributed by atoms with Crippen molar-refractivity contribution in [2.45, 2.75) is 13.5 Å². The van der Waals surface area contributed by atoms with E-state index in [1.54, 1.807) is 49.4 Å². The van der Waals surface area contributed by atoms with Crippen molar-refractivity contribution in [1.82, 2.24) is 4.90 Å². The van der Waals surface area contributed by atoms with Crippen LogP contribution in [-0.2, 0) is 16.1 Å². The quantitative estimate of drug-likeness (QED) is 0.259. The maximum Gasteiger partial charge on any atom is 0.339 e. The monoisotopic (exact) mass is 545 g/mol. The van der Waals surface area contributed by atoms with Crippen molar-refractivity contribution in [3.8, 4) is 22.8 Å². The second kappa shape index (κ2) is 9.93. The highest BCUT2D eigenvalue weighted by Gasteiger charge is 2.36. The Morgan fingerprint density at radius 2 is 1.86 bits per heavy atom. The maximum atomic E-state index is 13.0. The predicted octanol–water partition coefficient (Wildman–Crippen LogP) is 6.40. The Morgan fingerprint density at radius 3 is 2.64 bits per heavy atom. The molecular formula is C25H17Cl2NO7S. The van der Waals surface area contributed by atoms with E-state index in [-0.39, 0.29) is 35.4 Å². The SMILES string of the molecule is CCOC(=O)c1cc(-c2ccc(/C=C3/SC(=O)N(Cc4cc5c(cc4Cl)OCO5)C3=O)o2)ccc1Cl. The van der Waals surface area contributed by atoms with Gasteiger partial charge in [0.2, 0.25) is 6.79 Å². The Labute approximate surface area is 219 Å². The summed E-state index contributed by atoms with van der Waals surface area (Å²) in [4.78, 5) is 39.0. The summed E-state index contributed by atoms with van der Waals surface area (Å²) in [6, 6.07) is 11.5. The lowest BCUT2D eigenvalue weighted by Gasteiger charge is -2.14. The number of halogens is 2. The van der Waals surface area contributed by atoms with E-state index < -0.39 is 17.1 Å². The summed E-state index contributed by atoms with van der Waals surface area (Å²) in [5, 5.41) is 0.201. The van der Waals surface area contributed by atoms with Crippen molar-refractivity contribution < 1.29 is 33.0 Å². The van der Waals surface area contributed by atoms with Gasteiger partial charge in [-0.3, -0.25) is 14.5 Å². The van der Waals surface area contributed by atoms with Crippen LogP contribution in [0.25, 0.3) is 17.4 Å². The summed E-state index contributed by atoms with van der Waals surface area (Å²) in [7, 11) is 0. The summed E-state index contributed by atoms with van der Waals surface area (Å²) >= 11 is 13.2. The van der Waals surface area contributed by atoms with E-state index in [1.807, 2.05) is 0 Å². The van der Waals surface area contributed by atoms with Crippen LogP contribution in [0.1, 0.15) is 28.6 Å². The Bertz CT molecular complexity index is 1430. The first-order valence-electron chi connectivity index (χ1n) is 10.7. The van der Waals surface area contributed by atoms with Gasteiger partial charge in [0.05, 0.1) is 28.6 Å². The highest BCUT2D eigenvalue weighted by molar-refractivity contribution is 8.18. The van der Waals surface area contributed by atoms with Crippen LogP contribution in [0.4, 0.5) is 4.79 Å². The number of benzene rings is 2. The average Bonchev–Trinajstić information content (AvgIpc) is 3.56. The molecule has 2 aliphatic heterocycles. The van der Waals surface area contributed by atoms with Gasteiger partial charge in [0.25, 0.3) is 11.1 Å². The zero-order valence-corrected chi connectivity index (χ0v) is 21.0. The second-order valence-electron chi connectivity index (χ2n) is 7.68. The number of hydrogen-bond acceptors (Lipinski definition) is 8. The number of furan rings is 1. The standard InChI is InChI=1S/C25H17Cl2NO7S/c1-2-32-24(30)16-7-13(3-5-17(16)26)19-6-4-15(35-19)9-22-23(29)28(25(31)36-22)11-14-8-20-21(10-18(14)27)34-12-33-20/h3-10H,2,11-12H2,1H3/b22-9+. The molecule has 0 radical (unpaired) electrons. The number of imide groups is 1. The molecule has 0 spiro atoms. The van der Waals surface area contributed by atoms with Gasteiger partial charge in [0, 0.05) is 22.7 Å². The Balaban J connectivity index is 1.35. The number of carbonyl (C=O) groups excluding carboxylic acids is 3. The van der Waals surface area contributed by atoms with Crippen molar-refractivity contribution in [2.75, 3.05) is 13.4 Å². The van der Waals surface area contributed by atoms with E-state index in [0.29, 0.717) is 39.2 Å². The number of esters is 1. The summed E-state index contributed by atoms with van der Waals surface area (Å²) in [5.41, 5.74) is 1.38. The minimum absolute atomic E-state index is 0.0116. The topological polar surface area (TPSA) is 95.3 Å². The minimum Gasteiger partial charge on any atom is -0.462 e. The molecule has 8 nitrogen and oxygen atoms in total. The van der Waals surface area contributed by atoms with Crippen molar-refractivity contribution >= 4 is 58.2 Å². The molecule has 0 aliphatic carbocycles. The van der Waals surface area contributed by atoms with Crippen molar-refractivity contribution in [3.05, 3.63) is 74.3 Å². The smallest absolute Gasteiger partial charge is 0.339 e. The highest BCUT2D eigenvalue weighted by atomic mass is 35.5. The van der Waals surface area contributed by atoms with E-state index in [0.717, 1.165) is 16.7 Å². The first-order valence-corrected chi connectivity index (χ1v) is 12.3. The third-order valence-electron chi connectivity index (χ3n) is 5.39. The first kappa shape index (κ1) is 24.3. The van der Waals surface area contributed by atoms with Gasteiger partial charge in [-0.15, -0.1) is 0 Å². The zero-order valence-electron chi connectivity index (χ0n) is 18.7. The molecule has 1 fully saturated rings. The second-order valence-corrected chi connectivity index (χ2v) is 9.49. The van der Waals surface area contributed by atoms with Crippen LogP contribution in [-0.4, -0.2) is 35.4 Å². The van der Waals surface area contributed by atoms with E-state index in [9.17, 15) is 14.4 Å². The number of rotatable bonds is 6. The molecular weight excluding hydrogens is 529 g/mol. The van der Waals surface area contributed by atoms with Crippen LogP contribution in [0.2, 0.25) is 10.0 Å². The predicted molar refractivity (Wildman–Crippen MR) is 134 cm³/mol. The summed E-state index contributed by atoms with van der Waals surface area (Å²) in [6.07, 6.45) is 1.50. The molecule has 11 heteroatoms. The average molecular weight is 546 g/mol. The lowest BCUT2D eigenvalue weighted by molar-refractivity contribution is -0.123. The molecule has 184 valence electrons. The molecule has 36 heavy (non-hydrogen) atoms. The van der Waals surface area contributed by atoms with Crippen molar-refractivity contribution in [1.29, 1.82) is 0 Å². The largest absolute Gasteiger partial charge is 0.462 e. The molecule has 3 aromatic rings. The zero-order chi connectivity index (χ0) is 25.4. The van der Waals surface area contributed by atoms with E-state index in [2.05, 4.69) is 0 Å². The minimum atomic E-state index is -0.535. The fourth-order valence-corrected chi connectivity index (χ4v) is 4.87. The van der Waals surface area contributed by atoms with Gasteiger partial charge >= 0.3 is 5.97 Å². The molecule has 1 aromatic heterocycles. The number of ether oxygens (including phenoxy) is 3. The van der Waals surface area contributed by atoms with Crippen LogP contribution in [0.5, 0.6) is 11.5 Å². The lowest BCUT2D eigenvalue weighted by Crippen LogP contribution is -2.27.